The highest BCUT2D eigenvalue weighted by Crippen LogP contribution is 2.53. The number of rotatable bonds is 0. The molecule has 4 aromatic heterocycles. The predicted octanol–water partition coefficient (Wildman–Crippen LogP) is 8.53. The van der Waals surface area contributed by atoms with Crippen molar-refractivity contribution < 1.29 is 0 Å². The Morgan fingerprint density at radius 1 is 0.400 bits per heavy atom. The minimum atomic E-state index is 0.716. The van der Waals surface area contributed by atoms with Crippen molar-refractivity contribution >= 4 is 105 Å². The van der Waals surface area contributed by atoms with Gasteiger partial charge >= 0.3 is 0 Å². The molecule has 11 heteroatoms. The van der Waals surface area contributed by atoms with Crippen LogP contribution in [0.5, 0.6) is 0 Å². The van der Waals surface area contributed by atoms with Gasteiger partial charge in [-0.15, -0.1) is 50.5 Å². The van der Waals surface area contributed by atoms with Crippen molar-refractivity contribution in [2.24, 2.45) is 0 Å². The molecule has 4 aliphatic rings. The van der Waals surface area contributed by atoms with Crippen LogP contribution in [0.15, 0.2) is 92.4 Å². The van der Waals surface area contributed by atoms with Crippen molar-refractivity contribution in [1.29, 1.82) is 0 Å². The molecule has 0 saturated heterocycles. The summed E-state index contributed by atoms with van der Waals surface area (Å²) in [5.74, 6) is 0. The zero-order valence-corrected chi connectivity index (χ0v) is 26.5. The van der Waals surface area contributed by atoms with Crippen LogP contribution < -0.4 is 5.53 Å². The van der Waals surface area contributed by atoms with Gasteiger partial charge in [0.05, 0.1) is 22.8 Å². The van der Waals surface area contributed by atoms with Crippen LogP contribution in [0.4, 0.5) is 0 Å². The average molecular weight is 652 g/mol. The Morgan fingerprint density at radius 2 is 0.756 bits per heavy atom. The van der Waals surface area contributed by atoms with Gasteiger partial charge in [-0.05, 0) is 60.7 Å². The lowest BCUT2D eigenvalue weighted by molar-refractivity contribution is 0.811. The van der Waals surface area contributed by atoms with E-state index >= 15 is 0 Å². The molecule has 212 valence electrons. The van der Waals surface area contributed by atoms with Crippen LogP contribution in [-0.2, 0) is 0 Å². The molecule has 45 heavy (non-hydrogen) atoms. The maximum Gasteiger partial charge on any atom is 0.163 e. The molecule has 7 nitrogen and oxygen atoms in total. The number of aromatic nitrogens is 6. The Kier molecular flexibility index (Phi) is 4.55. The molecular weight excluding hydrogens is 635 g/mol. The molecule has 2 aliphatic heterocycles. The lowest BCUT2D eigenvalue weighted by Crippen LogP contribution is -2.22. The normalized spacial score (nSPS) is 13.1. The van der Waals surface area contributed by atoms with Gasteiger partial charge in [-0.2, -0.15) is 0 Å². The first-order valence-electron chi connectivity index (χ1n) is 14.2. The Labute approximate surface area is 276 Å². The van der Waals surface area contributed by atoms with Crippen LogP contribution >= 0.6 is 50.5 Å². The zero-order chi connectivity index (χ0) is 29.9. The van der Waals surface area contributed by atoms with Gasteiger partial charge in [0.25, 0.3) is 0 Å². The predicted molar refractivity (Wildman–Crippen MR) is 191 cm³/mol. The molecule has 1 N–H and O–H groups in total. The van der Waals surface area contributed by atoms with Gasteiger partial charge in [-0.25, -0.2) is 34.8 Å². The van der Waals surface area contributed by atoms with Crippen LogP contribution in [0.25, 0.3) is 99.9 Å². The first kappa shape index (κ1) is 24.8. The van der Waals surface area contributed by atoms with Crippen molar-refractivity contribution in [3.63, 3.8) is 0 Å². The zero-order valence-electron chi connectivity index (χ0n) is 22.9. The summed E-state index contributed by atoms with van der Waals surface area (Å²) in [5.41, 5.74) is 13.7. The summed E-state index contributed by atoms with van der Waals surface area (Å²) < 4.78 is 3.92. The summed E-state index contributed by atoms with van der Waals surface area (Å²) in [6.07, 6.45) is 0. The third-order valence-corrected chi connectivity index (χ3v) is 10.2. The highest BCUT2D eigenvalue weighted by atomic mass is 32.1. The van der Waals surface area contributed by atoms with Crippen molar-refractivity contribution in [3.8, 4) is 45.0 Å². The number of benzene rings is 4. The maximum atomic E-state index is 5.50. The van der Waals surface area contributed by atoms with E-state index in [-0.39, 0.29) is 0 Å². The first-order valence-corrected chi connectivity index (χ1v) is 16.0. The van der Waals surface area contributed by atoms with Crippen LogP contribution in [0.3, 0.4) is 0 Å². The average Bonchev–Trinajstić information content (AvgIpc) is 3.67. The van der Waals surface area contributed by atoms with Gasteiger partial charge in [0.1, 0.15) is 0 Å². The molecule has 6 heterocycles. The van der Waals surface area contributed by atoms with Gasteiger partial charge in [0.15, 0.2) is 22.6 Å². The minimum Gasteiger partial charge on any atom is -0.227 e. The molecule has 8 aromatic rings. The Morgan fingerprint density at radius 3 is 1.20 bits per heavy atom. The quantitative estimate of drug-likeness (QED) is 0.106. The largest absolute Gasteiger partial charge is 0.227 e. The van der Waals surface area contributed by atoms with E-state index in [0.29, 0.717) is 11.3 Å². The fraction of sp³-hybridized carbons (Fsp3) is 0. The highest BCUT2D eigenvalue weighted by molar-refractivity contribution is 7.80. The van der Waals surface area contributed by atoms with Crippen molar-refractivity contribution in [2.75, 3.05) is 5.53 Å². The van der Waals surface area contributed by atoms with Crippen molar-refractivity contribution in [1.82, 2.24) is 29.3 Å². The Balaban J connectivity index is 1.58. The van der Waals surface area contributed by atoms with E-state index in [1.54, 1.807) is 0 Å². The van der Waals surface area contributed by atoms with E-state index in [1.165, 1.54) is 0 Å². The SMILES string of the molecule is Sc1ccc2c(c1)-c1nc3c4ccc(S)cc4c4nc5c6c(nc7c8ccc(S)cc8c(nc-2c16)n7Nn34)-c1cc(S)ccc1-5. The molecule has 0 spiro atoms. The number of nitrogens with one attached hydrogen (secondary N) is 1. The summed E-state index contributed by atoms with van der Waals surface area (Å²) in [6, 6.07) is 24.6. The molecule has 0 fully saturated rings. The summed E-state index contributed by atoms with van der Waals surface area (Å²) in [6.45, 7) is 0. The van der Waals surface area contributed by atoms with Crippen molar-refractivity contribution in [3.05, 3.63) is 72.8 Å². The van der Waals surface area contributed by atoms with Crippen molar-refractivity contribution in [2.45, 2.75) is 19.6 Å². The highest BCUT2D eigenvalue weighted by Gasteiger charge is 2.33. The van der Waals surface area contributed by atoms with E-state index in [4.69, 9.17) is 70.5 Å². The Bertz CT molecular complexity index is 2660. The third-order valence-electron chi connectivity index (χ3n) is 9.11. The van der Waals surface area contributed by atoms with E-state index < -0.39 is 0 Å². The van der Waals surface area contributed by atoms with E-state index in [0.717, 1.165) is 108 Å². The molecule has 12 bridgehead atoms. The lowest BCUT2D eigenvalue weighted by Gasteiger charge is -2.12. The smallest absolute Gasteiger partial charge is 0.163 e. The van der Waals surface area contributed by atoms with E-state index in [2.05, 4.69) is 54.1 Å². The van der Waals surface area contributed by atoms with Gasteiger partial charge in [0, 0.05) is 74.2 Å². The molecule has 0 atom stereocenters. The number of hydrogen-bond acceptors (Lipinski definition) is 9. The third kappa shape index (κ3) is 3.04. The van der Waals surface area contributed by atoms with E-state index in [1.807, 2.05) is 33.6 Å². The molecule has 0 amide bonds. The number of nitrogens with zero attached hydrogens (tertiary/aromatic N) is 6. The van der Waals surface area contributed by atoms with Gasteiger partial charge in [-0.1, -0.05) is 12.1 Å². The second kappa shape index (κ2) is 8.24. The molecule has 0 saturated carbocycles. The molecule has 12 rings (SSSR count). The second-order valence-electron chi connectivity index (χ2n) is 11.6. The Hall–Kier alpha value is -4.42. The summed E-state index contributed by atoms with van der Waals surface area (Å²) >= 11 is 19.0. The summed E-state index contributed by atoms with van der Waals surface area (Å²) in [7, 11) is 0. The monoisotopic (exact) mass is 651 g/mol. The van der Waals surface area contributed by atoms with Crippen LogP contribution in [-0.4, -0.2) is 29.3 Å². The fourth-order valence-electron chi connectivity index (χ4n) is 7.23. The summed E-state index contributed by atoms with van der Waals surface area (Å²) in [4.78, 5) is 25.4. The minimum absolute atomic E-state index is 0.716. The van der Waals surface area contributed by atoms with Crippen LogP contribution in [0.2, 0.25) is 0 Å². The van der Waals surface area contributed by atoms with Crippen LogP contribution in [0, 0.1) is 0 Å². The van der Waals surface area contributed by atoms with Gasteiger partial charge in [0.2, 0.25) is 0 Å². The molecule has 0 radical (unpaired) electrons. The number of fused-ring (bicyclic) bond motifs is 4. The second-order valence-corrected chi connectivity index (χ2v) is 13.6. The number of thiol groups is 4. The molecule has 4 aromatic carbocycles. The fourth-order valence-corrected chi connectivity index (χ4v) is 8.05. The standard InChI is InChI=1S/C34H17N7S4/c42-13-1-5-17-21(9-13)29-25-26-28-18-6-2-14(43)10-22(18)30(26)38-32-19-7-3-15(44)11-23(19)33(35-27(17)25)40(32)39-41-31(37-29)20-8-4-16(45)12-24(20)34(41)36-28/h1-12,39,42-45H. The maximum absolute atomic E-state index is 5.50. The van der Waals surface area contributed by atoms with Gasteiger partial charge in [-0.3, -0.25) is 0 Å². The van der Waals surface area contributed by atoms with Crippen LogP contribution in [0.1, 0.15) is 0 Å². The lowest BCUT2D eigenvalue weighted by atomic mass is 10.1. The summed E-state index contributed by atoms with van der Waals surface area (Å²) in [5, 5.41) is 5.57. The molecule has 2 aliphatic carbocycles. The first-order chi connectivity index (χ1) is 21.9. The number of hydrogen-bond donors (Lipinski definition) is 5. The van der Waals surface area contributed by atoms with E-state index in [9.17, 15) is 0 Å². The molecular formula is C34H17N7S4. The van der Waals surface area contributed by atoms with Gasteiger partial charge < -0.3 is 0 Å². The molecule has 0 unspecified atom stereocenters. The topological polar surface area (TPSA) is 73.4 Å².